The van der Waals surface area contributed by atoms with E-state index in [1.54, 1.807) is 48.5 Å². The third-order valence-corrected chi connectivity index (χ3v) is 4.78. The molecular formula is C24H20F6O. The van der Waals surface area contributed by atoms with Crippen molar-refractivity contribution in [2.45, 2.75) is 37.7 Å². The number of benzene rings is 3. The molecule has 0 N–H and O–H groups in total. The summed E-state index contributed by atoms with van der Waals surface area (Å²) >= 11 is 0. The molecular weight excluding hydrogens is 418 g/mol. The van der Waals surface area contributed by atoms with Crippen LogP contribution in [0.4, 0.5) is 26.3 Å². The fourth-order valence-corrected chi connectivity index (χ4v) is 3.19. The highest BCUT2D eigenvalue weighted by Crippen LogP contribution is 2.33. The third kappa shape index (κ3) is 6.77. The van der Waals surface area contributed by atoms with Crippen LogP contribution >= 0.6 is 0 Å². The average molecular weight is 438 g/mol. The van der Waals surface area contributed by atoms with Crippen LogP contribution in [0.5, 0.6) is 5.75 Å². The summed E-state index contributed by atoms with van der Waals surface area (Å²) in [6.07, 6.45) is -9.90. The van der Waals surface area contributed by atoms with E-state index in [9.17, 15) is 26.3 Å². The van der Waals surface area contributed by atoms with Crippen molar-refractivity contribution in [2.24, 2.45) is 0 Å². The Morgan fingerprint density at radius 2 is 1.23 bits per heavy atom. The van der Waals surface area contributed by atoms with Crippen LogP contribution in [0.2, 0.25) is 0 Å². The van der Waals surface area contributed by atoms with Gasteiger partial charge >= 0.3 is 12.4 Å². The lowest BCUT2D eigenvalue weighted by atomic mass is 10.0. The van der Waals surface area contributed by atoms with Crippen LogP contribution in [0.25, 0.3) is 11.1 Å². The second-order valence-corrected chi connectivity index (χ2v) is 7.12. The van der Waals surface area contributed by atoms with E-state index >= 15 is 0 Å². The van der Waals surface area contributed by atoms with Crippen molar-refractivity contribution >= 4 is 0 Å². The quantitative estimate of drug-likeness (QED) is 0.338. The van der Waals surface area contributed by atoms with E-state index in [2.05, 4.69) is 0 Å². The first-order valence-corrected chi connectivity index (χ1v) is 9.68. The predicted octanol–water partition coefficient (Wildman–Crippen LogP) is 8.23. The van der Waals surface area contributed by atoms with Crippen LogP contribution in [0.1, 0.15) is 36.5 Å². The molecule has 0 aromatic heterocycles. The molecule has 0 bridgehead atoms. The Hall–Kier alpha value is -2.96. The Labute approximate surface area is 176 Å². The van der Waals surface area contributed by atoms with E-state index in [4.69, 9.17) is 4.74 Å². The van der Waals surface area contributed by atoms with Crippen molar-refractivity contribution in [2.75, 3.05) is 0 Å². The van der Waals surface area contributed by atoms with Crippen LogP contribution < -0.4 is 4.74 Å². The standard InChI is InChI=1S/C24H20F6O/c25-23(26,27)16-4-7-22(19-5-2-1-3-6-19)31-21-14-10-18(11-15-21)17-8-12-20(13-9-17)24(28,29)30/h1-3,5-6,8-15,22H,4,7,16H2. The first-order chi connectivity index (χ1) is 14.6. The van der Waals surface area contributed by atoms with Gasteiger partial charge in [-0.1, -0.05) is 54.6 Å². The molecule has 0 heterocycles. The minimum Gasteiger partial charge on any atom is -0.486 e. The van der Waals surface area contributed by atoms with Gasteiger partial charge in [0.15, 0.2) is 0 Å². The fourth-order valence-electron chi connectivity index (χ4n) is 3.19. The normalized spacial score (nSPS) is 13.1. The Kier molecular flexibility index (Phi) is 6.93. The van der Waals surface area contributed by atoms with Gasteiger partial charge in [0.2, 0.25) is 0 Å². The van der Waals surface area contributed by atoms with Gasteiger partial charge in [-0.05, 0) is 53.8 Å². The van der Waals surface area contributed by atoms with Gasteiger partial charge < -0.3 is 4.74 Å². The van der Waals surface area contributed by atoms with Crippen LogP contribution in [0.15, 0.2) is 78.9 Å². The van der Waals surface area contributed by atoms with Crippen molar-refractivity contribution in [1.29, 1.82) is 0 Å². The summed E-state index contributed by atoms with van der Waals surface area (Å²) in [5, 5.41) is 0. The molecule has 7 heteroatoms. The summed E-state index contributed by atoms with van der Waals surface area (Å²) in [4.78, 5) is 0. The first-order valence-electron chi connectivity index (χ1n) is 9.68. The predicted molar refractivity (Wildman–Crippen MR) is 107 cm³/mol. The van der Waals surface area contributed by atoms with Crippen molar-refractivity contribution < 1.29 is 31.1 Å². The molecule has 1 atom stereocenters. The molecule has 0 spiro atoms. The fraction of sp³-hybridized carbons (Fsp3) is 0.250. The molecule has 0 aliphatic heterocycles. The van der Waals surface area contributed by atoms with Gasteiger partial charge in [-0.15, -0.1) is 0 Å². The number of ether oxygens (including phenoxy) is 1. The SMILES string of the molecule is FC(F)(F)CCCC(Oc1ccc(-c2ccc(C(F)(F)F)cc2)cc1)c1ccccc1. The molecule has 0 saturated carbocycles. The molecule has 0 saturated heterocycles. The third-order valence-electron chi connectivity index (χ3n) is 4.78. The second-order valence-electron chi connectivity index (χ2n) is 7.12. The molecule has 0 aliphatic rings. The summed E-state index contributed by atoms with van der Waals surface area (Å²) < 4.78 is 81.7. The highest BCUT2D eigenvalue weighted by atomic mass is 19.4. The zero-order valence-electron chi connectivity index (χ0n) is 16.4. The number of halogens is 6. The van der Waals surface area contributed by atoms with Crippen LogP contribution in [0, 0.1) is 0 Å². The first kappa shape index (κ1) is 22.7. The van der Waals surface area contributed by atoms with Crippen LogP contribution in [0.3, 0.4) is 0 Å². The van der Waals surface area contributed by atoms with Crippen molar-refractivity contribution in [3.63, 3.8) is 0 Å². The summed E-state index contributed by atoms with van der Waals surface area (Å²) in [5.41, 5.74) is 1.37. The number of rotatable bonds is 7. The Morgan fingerprint density at radius 1 is 0.677 bits per heavy atom. The molecule has 3 aromatic carbocycles. The van der Waals surface area contributed by atoms with Gasteiger partial charge in [0.05, 0.1) is 5.56 Å². The largest absolute Gasteiger partial charge is 0.486 e. The lowest BCUT2D eigenvalue weighted by molar-refractivity contribution is -0.138. The summed E-state index contributed by atoms with van der Waals surface area (Å²) in [6.45, 7) is 0. The molecule has 0 aliphatic carbocycles. The maximum atomic E-state index is 12.7. The lowest BCUT2D eigenvalue weighted by Crippen LogP contribution is -2.11. The van der Waals surface area contributed by atoms with Gasteiger partial charge in [0.1, 0.15) is 11.9 Å². The zero-order valence-corrected chi connectivity index (χ0v) is 16.4. The van der Waals surface area contributed by atoms with Gasteiger partial charge in [0.25, 0.3) is 0 Å². The zero-order chi connectivity index (χ0) is 22.5. The van der Waals surface area contributed by atoms with E-state index in [1.165, 1.54) is 12.1 Å². The highest BCUT2D eigenvalue weighted by molar-refractivity contribution is 5.64. The monoisotopic (exact) mass is 438 g/mol. The summed E-state index contributed by atoms with van der Waals surface area (Å²) in [7, 11) is 0. The highest BCUT2D eigenvalue weighted by Gasteiger charge is 2.30. The molecule has 3 aromatic rings. The van der Waals surface area contributed by atoms with E-state index in [1.807, 2.05) is 6.07 Å². The topological polar surface area (TPSA) is 9.23 Å². The second kappa shape index (κ2) is 9.45. The number of hydrogen-bond donors (Lipinski definition) is 0. The molecule has 1 unspecified atom stereocenters. The van der Waals surface area contributed by atoms with Crippen LogP contribution in [-0.4, -0.2) is 6.18 Å². The van der Waals surface area contributed by atoms with E-state index < -0.39 is 30.4 Å². The minimum atomic E-state index is -4.39. The molecule has 164 valence electrons. The summed E-state index contributed by atoms with van der Waals surface area (Å²) in [5.74, 6) is 0.469. The molecule has 0 fully saturated rings. The Balaban J connectivity index is 1.72. The molecule has 1 nitrogen and oxygen atoms in total. The van der Waals surface area contributed by atoms with E-state index in [0.29, 0.717) is 16.9 Å². The van der Waals surface area contributed by atoms with Crippen molar-refractivity contribution in [3.05, 3.63) is 90.0 Å². The van der Waals surface area contributed by atoms with Crippen molar-refractivity contribution in [3.8, 4) is 16.9 Å². The Bertz CT molecular complexity index is 945. The van der Waals surface area contributed by atoms with E-state index in [0.717, 1.165) is 17.7 Å². The van der Waals surface area contributed by atoms with Crippen molar-refractivity contribution in [1.82, 2.24) is 0 Å². The Morgan fingerprint density at radius 3 is 1.74 bits per heavy atom. The van der Waals surface area contributed by atoms with Crippen LogP contribution in [-0.2, 0) is 6.18 Å². The molecule has 31 heavy (non-hydrogen) atoms. The maximum absolute atomic E-state index is 12.7. The maximum Gasteiger partial charge on any atom is 0.416 e. The average Bonchev–Trinajstić information content (AvgIpc) is 2.73. The van der Waals surface area contributed by atoms with E-state index in [-0.39, 0.29) is 12.8 Å². The molecule has 0 amide bonds. The minimum absolute atomic E-state index is 0.0628. The smallest absolute Gasteiger partial charge is 0.416 e. The molecule has 0 radical (unpaired) electrons. The van der Waals surface area contributed by atoms with Gasteiger partial charge in [-0.25, -0.2) is 0 Å². The number of alkyl halides is 6. The number of hydrogen-bond acceptors (Lipinski definition) is 1. The van der Waals surface area contributed by atoms with Gasteiger partial charge in [0, 0.05) is 6.42 Å². The lowest BCUT2D eigenvalue weighted by Gasteiger charge is -2.20. The van der Waals surface area contributed by atoms with Gasteiger partial charge in [-0.2, -0.15) is 26.3 Å². The molecule has 3 rings (SSSR count). The summed E-state index contributed by atoms with van der Waals surface area (Å²) in [6, 6.07) is 20.6. The van der Waals surface area contributed by atoms with Gasteiger partial charge in [-0.3, -0.25) is 0 Å².